The van der Waals surface area contributed by atoms with E-state index >= 15 is 0 Å². The normalized spacial score (nSPS) is 11.6. The van der Waals surface area contributed by atoms with Crippen molar-refractivity contribution in [3.05, 3.63) is 87.2 Å². The van der Waals surface area contributed by atoms with Crippen molar-refractivity contribution in [1.82, 2.24) is 23.1 Å². The first-order valence-corrected chi connectivity index (χ1v) is 12.4. The van der Waals surface area contributed by atoms with E-state index < -0.39 is 0 Å². The molecule has 0 spiro atoms. The molecule has 0 aliphatic carbocycles. The van der Waals surface area contributed by atoms with Crippen LogP contribution < -0.4 is 11.2 Å². The van der Waals surface area contributed by atoms with Crippen LogP contribution in [0, 0.1) is 0 Å². The molecule has 0 saturated heterocycles. The minimum atomic E-state index is -0.389. The summed E-state index contributed by atoms with van der Waals surface area (Å²) < 4.78 is 6.41. The Balaban J connectivity index is 1.63. The number of hydrogen-bond acceptors (Lipinski definition) is 3. The van der Waals surface area contributed by atoms with Crippen molar-refractivity contribution in [2.24, 2.45) is 14.1 Å². The predicted molar refractivity (Wildman–Crippen MR) is 140 cm³/mol. The van der Waals surface area contributed by atoms with Gasteiger partial charge in [-0.1, -0.05) is 75.1 Å². The van der Waals surface area contributed by atoms with E-state index in [9.17, 15) is 9.59 Å². The Morgan fingerprint density at radius 2 is 1.54 bits per heavy atom. The number of benzene rings is 2. The van der Waals surface area contributed by atoms with E-state index in [1.165, 1.54) is 49.3 Å². The highest BCUT2D eigenvalue weighted by Gasteiger charge is 2.21. The SMILES string of the molecule is CCCCCCCc1ccc(-c2cn3c4c(=O)n(C)c(=O)n(C)c4nc3n2-c2ccccc2)cc1. The Hall–Kier alpha value is -3.87. The topological polar surface area (TPSA) is 66.2 Å². The Labute approximate surface area is 203 Å². The summed E-state index contributed by atoms with van der Waals surface area (Å²) in [4.78, 5) is 30.3. The van der Waals surface area contributed by atoms with Crippen LogP contribution in [0.1, 0.15) is 44.6 Å². The highest BCUT2D eigenvalue weighted by molar-refractivity contribution is 5.79. The molecule has 0 atom stereocenters. The number of hydrogen-bond donors (Lipinski definition) is 0. The zero-order valence-corrected chi connectivity index (χ0v) is 20.6. The second kappa shape index (κ2) is 9.41. The van der Waals surface area contributed by atoms with Gasteiger partial charge in [0.15, 0.2) is 11.2 Å². The van der Waals surface area contributed by atoms with Gasteiger partial charge in [-0.2, -0.15) is 4.98 Å². The Kier molecular flexibility index (Phi) is 6.16. The van der Waals surface area contributed by atoms with E-state index in [-0.39, 0.29) is 11.2 Å². The molecule has 35 heavy (non-hydrogen) atoms. The van der Waals surface area contributed by atoms with Crippen molar-refractivity contribution in [3.63, 3.8) is 0 Å². The van der Waals surface area contributed by atoms with Gasteiger partial charge in [-0.3, -0.25) is 22.9 Å². The van der Waals surface area contributed by atoms with Gasteiger partial charge in [0.25, 0.3) is 5.56 Å². The number of fused-ring (bicyclic) bond motifs is 3. The highest BCUT2D eigenvalue weighted by atomic mass is 16.2. The van der Waals surface area contributed by atoms with Gasteiger partial charge in [-0.05, 0) is 30.5 Å². The molecule has 3 aromatic heterocycles. The maximum absolute atomic E-state index is 13.1. The molecule has 7 heteroatoms. The van der Waals surface area contributed by atoms with Crippen LogP contribution in [-0.2, 0) is 20.5 Å². The maximum Gasteiger partial charge on any atom is 0.332 e. The zero-order chi connectivity index (χ0) is 24.5. The van der Waals surface area contributed by atoms with E-state index in [2.05, 4.69) is 31.2 Å². The van der Waals surface area contributed by atoms with E-state index in [4.69, 9.17) is 4.98 Å². The molecule has 0 radical (unpaired) electrons. The molecule has 0 bridgehead atoms. The van der Waals surface area contributed by atoms with Crippen LogP contribution in [0.15, 0.2) is 70.4 Å². The second-order valence-corrected chi connectivity index (χ2v) is 9.21. The number of imidazole rings is 2. The number of aryl methyl sites for hydroxylation is 2. The third-order valence-corrected chi connectivity index (χ3v) is 6.80. The molecule has 0 aliphatic rings. The van der Waals surface area contributed by atoms with Crippen molar-refractivity contribution in [2.75, 3.05) is 0 Å². The second-order valence-electron chi connectivity index (χ2n) is 9.21. The minimum absolute atomic E-state index is 0.356. The molecule has 0 N–H and O–H groups in total. The molecule has 0 amide bonds. The molecule has 5 rings (SSSR count). The maximum atomic E-state index is 13.1. The van der Waals surface area contributed by atoms with Crippen LogP contribution in [0.25, 0.3) is 33.9 Å². The lowest BCUT2D eigenvalue weighted by molar-refractivity contribution is 0.632. The minimum Gasteiger partial charge on any atom is -0.279 e. The van der Waals surface area contributed by atoms with Crippen molar-refractivity contribution in [3.8, 4) is 16.9 Å². The van der Waals surface area contributed by atoms with Gasteiger partial charge in [0.1, 0.15) is 0 Å². The first-order valence-electron chi connectivity index (χ1n) is 12.4. The van der Waals surface area contributed by atoms with Gasteiger partial charge in [-0.15, -0.1) is 0 Å². The highest BCUT2D eigenvalue weighted by Crippen LogP contribution is 2.29. The molecule has 180 valence electrons. The van der Waals surface area contributed by atoms with E-state index in [0.29, 0.717) is 16.9 Å². The standard InChI is InChI=1S/C28H31N5O2/c1-4-5-6-7-9-12-20-15-17-21(18-16-20)23-19-32-24-25(30(2)28(35)31(3)26(24)34)29-27(32)33(23)22-13-10-8-11-14-22/h8,10-11,13-19H,4-7,9,12H2,1-3H3. The largest absolute Gasteiger partial charge is 0.332 e. The van der Waals surface area contributed by atoms with Crippen LogP contribution in [0.5, 0.6) is 0 Å². The van der Waals surface area contributed by atoms with E-state index in [1.54, 1.807) is 11.4 Å². The average Bonchev–Trinajstić information content (AvgIpc) is 3.43. The van der Waals surface area contributed by atoms with Gasteiger partial charge in [-0.25, -0.2) is 4.79 Å². The summed E-state index contributed by atoms with van der Waals surface area (Å²) in [6.07, 6.45) is 9.39. The van der Waals surface area contributed by atoms with Gasteiger partial charge in [0, 0.05) is 31.5 Å². The number of aromatic nitrogens is 5. The molecule has 0 unspecified atom stereocenters. The number of para-hydroxylation sites is 1. The first-order chi connectivity index (χ1) is 17.0. The van der Waals surface area contributed by atoms with Crippen LogP contribution in [-0.4, -0.2) is 23.1 Å². The number of unbranched alkanes of at least 4 members (excludes halogenated alkanes) is 4. The fourth-order valence-corrected chi connectivity index (χ4v) is 4.78. The summed E-state index contributed by atoms with van der Waals surface area (Å²) in [7, 11) is 3.14. The lowest BCUT2D eigenvalue weighted by Gasteiger charge is -2.10. The molecular formula is C28H31N5O2. The quantitative estimate of drug-likeness (QED) is 0.305. The van der Waals surface area contributed by atoms with Gasteiger partial charge in [0.05, 0.1) is 5.69 Å². The molecule has 2 aromatic carbocycles. The van der Waals surface area contributed by atoms with E-state index in [1.807, 2.05) is 41.1 Å². The van der Waals surface area contributed by atoms with E-state index in [0.717, 1.165) is 27.9 Å². The monoisotopic (exact) mass is 469 g/mol. The summed E-state index contributed by atoms with van der Waals surface area (Å²) >= 11 is 0. The summed E-state index contributed by atoms with van der Waals surface area (Å²) in [5, 5.41) is 0. The summed E-state index contributed by atoms with van der Waals surface area (Å²) in [5.41, 5.74) is 4.28. The smallest absolute Gasteiger partial charge is 0.279 e. The van der Waals surface area contributed by atoms with Gasteiger partial charge < -0.3 is 0 Å². The lowest BCUT2D eigenvalue weighted by Crippen LogP contribution is -2.37. The Bertz CT molecular complexity index is 1600. The Morgan fingerprint density at radius 1 is 0.829 bits per heavy atom. The van der Waals surface area contributed by atoms with Crippen LogP contribution in [0.2, 0.25) is 0 Å². The first kappa shape index (κ1) is 22.9. The van der Waals surface area contributed by atoms with Crippen molar-refractivity contribution in [1.29, 1.82) is 0 Å². The predicted octanol–water partition coefficient (Wildman–Crippen LogP) is 4.86. The van der Waals surface area contributed by atoms with Crippen molar-refractivity contribution < 1.29 is 0 Å². The number of nitrogens with zero attached hydrogens (tertiary/aromatic N) is 5. The van der Waals surface area contributed by atoms with Crippen LogP contribution >= 0.6 is 0 Å². The molecule has 0 fully saturated rings. The summed E-state index contributed by atoms with van der Waals surface area (Å²) in [6.45, 7) is 2.24. The van der Waals surface area contributed by atoms with Crippen molar-refractivity contribution >= 4 is 16.9 Å². The fourth-order valence-electron chi connectivity index (χ4n) is 4.78. The molecule has 0 aliphatic heterocycles. The molecule has 7 nitrogen and oxygen atoms in total. The van der Waals surface area contributed by atoms with Crippen molar-refractivity contribution in [2.45, 2.75) is 45.4 Å². The van der Waals surface area contributed by atoms with Crippen LogP contribution in [0.3, 0.4) is 0 Å². The number of rotatable bonds is 8. The fraction of sp³-hybridized carbons (Fsp3) is 0.321. The zero-order valence-electron chi connectivity index (χ0n) is 20.6. The van der Waals surface area contributed by atoms with Gasteiger partial charge in [0.2, 0.25) is 5.78 Å². The summed E-state index contributed by atoms with van der Waals surface area (Å²) in [5.74, 6) is 0.597. The lowest BCUT2D eigenvalue weighted by atomic mass is 10.0. The molecule has 0 saturated carbocycles. The third kappa shape index (κ3) is 4.01. The van der Waals surface area contributed by atoms with Gasteiger partial charge >= 0.3 is 5.69 Å². The van der Waals surface area contributed by atoms with Crippen LogP contribution in [0.4, 0.5) is 0 Å². The summed E-state index contributed by atoms with van der Waals surface area (Å²) in [6, 6.07) is 18.7. The molecular weight excluding hydrogens is 438 g/mol. The average molecular weight is 470 g/mol. The Morgan fingerprint density at radius 3 is 2.26 bits per heavy atom. The molecule has 5 aromatic rings. The third-order valence-electron chi connectivity index (χ3n) is 6.80. The molecule has 3 heterocycles.